The summed E-state index contributed by atoms with van der Waals surface area (Å²) >= 11 is 0. The van der Waals surface area contributed by atoms with E-state index in [2.05, 4.69) is 5.32 Å². The minimum atomic E-state index is -0.359. The maximum absolute atomic E-state index is 13.8. The summed E-state index contributed by atoms with van der Waals surface area (Å²) < 4.78 is 19.0. The second-order valence-corrected chi connectivity index (χ2v) is 8.25. The number of amides is 2. The largest absolute Gasteiger partial charge is 0.497 e. The lowest BCUT2D eigenvalue weighted by molar-refractivity contribution is -0.120. The van der Waals surface area contributed by atoms with Gasteiger partial charge in [0, 0.05) is 24.3 Å². The minimum absolute atomic E-state index is 0.0568. The Labute approximate surface area is 200 Å². The number of hydrogen-bond donors (Lipinski definition) is 1. The minimum Gasteiger partial charge on any atom is -0.497 e. The smallest absolute Gasteiger partial charge is 0.258 e. The Bertz CT molecular complexity index is 1120. The van der Waals surface area contributed by atoms with Crippen molar-refractivity contribution in [3.05, 3.63) is 95.3 Å². The molecule has 0 aliphatic carbocycles. The van der Waals surface area contributed by atoms with Gasteiger partial charge in [0.1, 0.15) is 11.6 Å². The number of hydrogen-bond acceptors (Lipinski definition) is 4. The molecule has 3 aromatic carbocycles. The quantitative estimate of drug-likeness (QED) is 0.495. The van der Waals surface area contributed by atoms with Crippen LogP contribution in [0.2, 0.25) is 0 Å². The van der Waals surface area contributed by atoms with Crippen LogP contribution in [0.4, 0.5) is 10.1 Å². The molecule has 0 atom stereocenters. The molecule has 0 aliphatic rings. The number of benzene rings is 3. The Kier molecular flexibility index (Phi) is 8.76. The molecule has 0 fully saturated rings. The molecular formula is C27H30FN3O3. The van der Waals surface area contributed by atoms with Crippen molar-refractivity contribution < 1.29 is 18.7 Å². The maximum Gasteiger partial charge on any atom is 0.258 e. The van der Waals surface area contributed by atoms with E-state index in [4.69, 9.17) is 4.74 Å². The summed E-state index contributed by atoms with van der Waals surface area (Å²) in [4.78, 5) is 29.2. The average molecular weight is 464 g/mol. The molecule has 0 aromatic heterocycles. The summed E-state index contributed by atoms with van der Waals surface area (Å²) in [6.45, 7) is 1.55. The monoisotopic (exact) mass is 463 g/mol. The molecule has 6 nitrogen and oxygen atoms in total. The van der Waals surface area contributed by atoms with Crippen molar-refractivity contribution in [2.24, 2.45) is 0 Å². The number of nitrogens with one attached hydrogen (secondary N) is 1. The second kappa shape index (κ2) is 12.0. The van der Waals surface area contributed by atoms with Crippen LogP contribution in [0.25, 0.3) is 0 Å². The summed E-state index contributed by atoms with van der Waals surface area (Å²) in [6.07, 6.45) is 0.251. The van der Waals surface area contributed by atoms with Gasteiger partial charge in [0.25, 0.3) is 5.91 Å². The predicted molar refractivity (Wildman–Crippen MR) is 132 cm³/mol. The zero-order valence-electron chi connectivity index (χ0n) is 19.8. The van der Waals surface area contributed by atoms with E-state index in [9.17, 15) is 14.0 Å². The number of likely N-dealkylation sites (N-methyl/N-ethyl adjacent to an activating group) is 1. The van der Waals surface area contributed by atoms with Gasteiger partial charge in [-0.3, -0.25) is 9.59 Å². The van der Waals surface area contributed by atoms with Crippen LogP contribution in [0.15, 0.2) is 72.8 Å². The van der Waals surface area contributed by atoms with Crippen LogP contribution in [0.1, 0.15) is 21.5 Å². The van der Waals surface area contributed by atoms with Crippen LogP contribution in [0.3, 0.4) is 0 Å². The third kappa shape index (κ3) is 7.15. The number of rotatable bonds is 10. The molecular weight excluding hydrogens is 433 g/mol. The van der Waals surface area contributed by atoms with Gasteiger partial charge in [0.15, 0.2) is 0 Å². The van der Waals surface area contributed by atoms with E-state index < -0.39 is 0 Å². The molecule has 0 aliphatic heterocycles. The van der Waals surface area contributed by atoms with Gasteiger partial charge < -0.3 is 19.9 Å². The topological polar surface area (TPSA) is 61.9 Å². The third-order valence-corrected chi connectivity index (χ3v) is 5.29. The standard InChI is InChI=1S/C27H30FN3O3/c1-30(2)15-14-29-26(32)17-20-10-12-24(13-11-20)31(19-21-6-4-8-23(28)16-21)27(33)22-7-5-9-25(18-22)34-3/h4-13,16,18H,14-15,17,19H2,1-3H3,(H,29,32). The number of anilines is 1. The molecule has 0 unspecified atom stereocenters. The number of methoxy groups -OCH3 is 1. The summed E-state index contributed by atoms with van der Waals surface area (Å²) in [5.74, 6) is -0.0786. The van der Waals surface area contributed by atoms with E-state index in [1.165, 1.54) is 12.1 Å². The second-order valence-electron chi connectivity index (χ2n) is 8.25. The van der Waals surface area contributed by atoms with Crippen LogP contribution in [-0.4, -0.2) is 51.0 Å². The lowest BCUT2D eigenvalue weighted by Crippen LogP contribution is -2.32. The van der Waals surface area contributed by atoms with Crippen LogP contribution < -0.4 is 15.0 Å². The summed E-state index contributed by atoms with van der Waals surface area (Å²) in [5, 5.41) is 2.90. The highest BCUT2D eigenvalue weighted by molar-refractivity contribution is 6.06. The van der Waals surface area contributed by atoms with E-state index in [0.29, 0.717) is 29.1 Å². The van der Waals surface area contributed by atoms with Crippen molar-refractivity contribution in [3.8, 4) is 5.75 Å². The Morgan fingerprint density at radius 3 is 2.35 bits per heavy atom. The van der Waals surface area contributed by atoms with Crippen molar-refractivity contribution in [1.82, 2.24) is 10.2 Å². The highest BCUT2D eigenvalue weighted by atomic mass is 19.1. The third-order valence-electron chi connectivity index (χ3n) is 5.29. The molecule has 0 spiro atoms. The molecule has 178 valence electrons. The average Bonchev–Trinajstić information content (AvgIpc) is 2.82. The Hall–Kier alpha value is -3.71. The molecule has 3 rings (SSSR count). The number of carbonyl (C=O) groups is 2. The highest BCUT2D eigenvalue weighted by Crippen LogP contribution is 2.23. The van der Waals surface area contributed by atoms with Gasteiger partial charge in [0.05, 0.1) is 20.1 Å². The molecule has 7 heteroatoms. The van der Waals surface area contributed by atoms with Gasteiger partial charge in [-0.25, -0.2) is 4.39 Å². The number of nitrogens with zero attached hydrogens (tertiary/aromatic N) is 2. The van der Waals surface area contributed by atoms with E-state index in [1.54, 1.807) is 60.5 Å². The fourth-order valence-electron chi connectivity index (χ4n) is 3.47. The fourth-order valence-corrected chi connectivity index (χ4v) is 3.47. The van der Waals surface area contributed by atoms with Crippen molar-refractivity contribution in [1.29, 1.82) is 0 Å². The summed E-state index contributed by atoms with van der Waals surface area (Å²) in [7, 11) is 5.45. The Balaban J connectivity index is 1.81. The normalized spacial score (nSPS) is 10.7. The van der Waals surface area contributed by atoms with E-state index in [1.807, 2.05) is 31.1 Å². The molecule has 2 amide bonds. The van der Waals surface area contributed by atoms with Gasteiger partial charge in [-0.05, 0) is 67.7 Å². The zero-order chi connectivity index (χ0) is 24.5. The molecule has 0 heterocycles. The van der Waals surface area contributed by atoms with Crippen LogP contribution >= 0.6 is 0 Å². The molecule has 0 radical (unpaired) electrons. The lowest BCUT2D eigenvalue weighted by atomic mass is 10.1. The van der Waals surface area contributed by atoms with Gasteiger partial charge in [0.2, 0.25) is 5.91 Å². The van der Waals surface area contributed by atoms with Gasteiger partial charge >= 0.3 is 0 Å². The van der Waals surface area contributed by atoms with Crippen LogP contribution in [-0.2, 0) is 17.8 Å². The first-order valence-corrected chi connectivity index (χ1v) is 11.1. The number of carbonyl (C=O) groups excluding carboxylic acids is 2. The van der Waals surface area contributed by atoms with E-state index in [0.717, 1.165) is 12.1 Å². The first-order valence-electron chi connectivity index (χ1n) is 11.1. The van der Waals surface area contributed by atoms with Crippen molar-refractivity contribution in [2.75, 3.05) is 39.2 Å². The predicted octanol–water partition coefficient (Wildman–Crippen LogP) is 3.90. The molecule has 0 saturated carbocycles. The SMILES string of the molecule is COc1cccc(C(=O)N(Cc2cccc(F)c2)c2ccc(CC(=O)NCCN(C)C)cc2)c1. The molecule has 3 aromatic rings. The van der Waals surface area contributed by atoms with Crippen LogP contribution in [0.5, 0.6) is 5.75 Å². The molecule has 0 bridgehead atoms. The van der Waals surface area contributed by atoms with E-state index >= 15 is 0 Å². The molecule has 34 heavy (non-hydrogen) atoms. The fraction of sp³-hybridized carbons (Fsp3) is 0.259. The van der Waals surface area contributed by atoms with Crippen molar-refractivity contribution in [3.63, 3.8) is 0 Å². The van der Waals surface area contributed by atoms with Crippen LogP contribution in [0, 0.1) is 5.82 Å². The van der Waals surface area contributed by atoms with Gasteiger partial charge in [-0.15, -0.1) is 0 Å². The first-order chi connectivity index (χ1) is 16.4. The lowest BCUT2D eigenvalue weighted by Gasteiger charge is -2.24. The highest BCUT2D eigenvalue weighted by Gasteiger charge is 2.19. The van der Waals surface area contributed by atoms with Gasteiger partial charge in [-0.2, -0.15) is 0 Å². The van der Waals surface area contributed by atoms with Gasteiger partial charge in [-0.1, -0.05) is 30.3 Å². The van der Waals surface area contributed by atoms with Crippen molar-refractivity contribution in [2.45, 2.75) is 13.0 Å². The first kappa shape index (κ1) is 24.9. The Morgan fingerprint density at radius 1 is 0.941 bits per heavy atom. The number of ether oxygens (including phenoxy) is 1. The zero-order valence-corrected chi connectivity index (χ0v) is 19.8. The Morgan fingerprint density at radius 2 is 1.68 bits per heavy atom. The number of halogens is 1. The maximum atomic E-state index is 13.8. The van der Waals surface area contributed by atoms with E-state index in [-0.39, 0.29) is 30.6 Å². The molecule has 1 N–H and O–H groups in total. The summed E-state index contributed by atoms with van der Waals surface area (Å²) in [5.41, 5.74) is 2.61. The molecule has 0 saturated heterocycles. The van der Waals surface area contributed by atoms with Crippen molar-refractivity contribution >= 4 is 17.5 Å². The summed E-state index contributed by atoms with van der Waals surface area (Å²) in [6, 6.07) is 20.4.